The minimum absolute atomic E-state index is 0.0620. The van der Waals surface area contributed by atoms with Crippen molar-refractivity contribution < 1.29 is 4.79 Å². The highest BCUT2D eigenvalue weighted by Gasteiger charge is 2.05. The Morgan fingerprint density at radius 2 is 1.86 bits per heavy atom. The third kappa shape index (κ3) is 4.29. The molecule has 0 radical (unpaired) electrons. The van der Waals surface area contributed by atoms with Crippen molar-refractivity contribution in [3.63, 3.8) is 0 Å². The van der Waals surface area contributed by atoms with Crippen LogP contribution >= 0.6 is 15.9 Å². The van der Waals surface area contributed by atoms with Gasteiger partial charge in [-0.05, 0) is 53.5 Å². The third-order valence-electron chi connectivity index (χ3n) is 3.10. The first-order valence-corrected chi connectivity index (χ1v) is 7.57. The standard InChI is InChI=1S/C16H18BrN3O/c1-11-3-5-13(6-4-11)16(21)20-10-9-19-15-14(17)12(2)7-8-18-15/h3-8H,9-10H2,1-2H3,(H,18,19)(H,20,21). The van der Waals surface area contributed by atoms with Gasteiger partial charge in [-0.2, -0.15) is 0 Å². The Balaban J connectivity index is 1.80. The number of halogens is 1. The molecule has 21 heavy (non-hydrogen) atoms. The van der Waals surface area contributed by atoms with Crippen LogP contribution in [0.4, 0.5) is 5.82 Å². The SMILES string of the molecule is Cc1ccc(C(=O)NCCNc2nccc(C)c2Br)cc1. The van der Waals surface area contributed by atoms with E-state index in [1.165, 1.54) is 0 Å². The average molecular weight is 348 g/mol. The van der Waals surface area contributed by atoms with Crippen molar-refractivity contribution in [2.45, 2.75) is 13.8 Å². The molecule has 2 rings (SSSR count). The molecule has 0 aliphatic rings. The molecule has 0 saturated heterocycles. The Kier molecular flexibility index (Phi) is 5.33. The lowest BCUT2D eigenvalue weighted by Crippen LogP contribution is -2.28. The second-order valence-electron chi connectivity index (χ2n) is 4.84. The summed E-state index contributed by atoms with van der Waals surface area (Å²) in [5, 5.41) is 6.08. The maximum Gasteiger partial charge on any atom is 0.251 e. The monoisotopic (exact) mass is 347 g/mol. The topological polar surface area (TPSA) is 54.0 Å². The Labute approximate surface area is 133 Å². The molecule has 0 saturated carbocycles. The van der Waals surface area contributed by atoms with Crippen LogP contribution in [0.15, 0.2) is 41.0 Å². The quantitative estimate of drug-likeness (QED) is 0.816. The van der Waals surface area contributed by atoms with Gasteiger partial charge in [0.1, 0.15) is 5.82 Å². The Morgan fingerprint density at radius 1 is 1.14 bits per heavy atom. The second kappa shape index (κ2) is 7.22. The minimum atomic E-state index is -0.0620. The van der Waals surface area contributed by atoms with Crippen molar-refractivity contribution in [2.24, 2.45) is 0 Å². The number of aryl methyl sites for hydroxylation is 2. The van der Waals surface area contributed by atoms with E-state index in [1.807, 2.05) is 44.2 Å². The van der Waals surface area contributed by atoms with Crippen LogP contribution in [0, 0.1) is 13.8 Å². The second-order valence-corrected chi connectivity index (χ2v) is 5.63. The van der Waals surface area contributed by atoms with Crippen LogP contribution in [0.5, 0.6) is 0 Å². The predicted molar refractivity (Wildman–Crippen MR) is 88.7 cm³/mol. The maximum atomic E-state index is 11.9. The first-order chi connectivity index (χ1) is 10.1. The van der Waals surface area contributed by atoms with Crippen molar-refractivity contribution in [3.05, 3.63) is 57.7 Å². The number of amides is 1. The smallest absolute Gasteiger partial charge is 0.251 e. The molecule has 1 aromatic heterocycles. The lowest BCUT2D eigenvalue weighted by molar-refractivity contribution is 0.0955. The number of hydrogen-bond donors (Lipinski definition) is 2. The zero-order valence-electron chi connectivity index (χ0n) is 12.1. The van der Waals surface area contributed by atoms with Gasteiger partial charge in [-0.1, -0.05) is 17.7 Å². The molecule has 0 fully saturated rings. The van der Waals surface area contributed by atoms with Gasteiger partial charge in [-0.3, -0.25) is 4.79 Å². The first-order valence-electron chi connectivity index (χ1n) is 6.78. The lowest BCUT2D eigenvalue weighted by Gasteiger charge is -2.10. The van der Waals surface area contributed by atoms with Gasteiger partial charge in [0.05, 0.1) is 4.47 Å². The van der Waals surface area contributed by atoms with E-state index in [2.05, 4.69) is 31.5 Å². The van der Waals surface area contributed by atoms with E-state index in [9.17, 15) is 4.79 Å². The number of pyridine rings is 1. The Hall–Kier alpha value is -1.88. The highest BCUT2D eigenvalue weighted by molar-refractivity contribution is 9.10. The largest absolute Gasteiger partial charge is 0.367 e. The molecule has 0 atom stereocenters. The number of nitrogens with one attached hydrogen (secondary N) is 2. The summed E-state index contributed by atoms with van der Waals surface area (Å²) in [5.74, 6) is 0.729. The summed E-state index contributed by atoms with van der Waals surface area (Å²) in [6.07, 6.45) is 1.76. The highest BCUT2D eigenvalue weighted by Crippen LogP contribution is 2.22. The Morgan fingerprint density at radius 3 is 2.57 bits per heavy atom. The van der Waals surface area contributed by atoms with Crippen LogP contribution in [0.25, 0.3) is 0 Å². The normalized spacial score (nSPS) is 10.2. The number of aromatic nitrogens is 1. The number of hydrogen-bond acceptors (Lipinski definition) is 3. The highest BCUT2D eigenvalue weighted by atomic mass is 79.9. The molecule has 2 aromatic rings. The fourth-order valence-corrected chi connectivity index (χ4v) is 2.20. The van der Waals surface area contributed by atoms with Gasteiger partial charge in [0, 0.05) is 24.8 Å². The molecule has 4 nitrogen and oxygen atoms in total. The van der Waals surface area contributed by atoms with Gasteiger partial charge in [-0.25, -0.2) is 4.98 Å². The van der Waals surface area contributed by atoms with Crippen LogP contribution in [0.3, 0.4) is 0 Å². The summed E-state index contributed by atoms with van der Waals surface area (Å²) < 4.78 is 0.954. The molecule has 1 heterocycles. The van der Waals surface area contributed by atoms with Crippen LogP contribution in [0.2, 0.25) is 0 Å². The zero-order valence-corrected chi connectivity index (χ0v) is 13.7. The molecule has 1 amide bonds. The Bertz CT molecular complexity index is 626. The van der Waals surface area contributed by atoms with Gasteiger partial charge in [0.25, 0.3) is 5.91 Å². The van der Waals surface area contributed by atoms with Gasteiger partial charge in [0.15, 0.2) is 0 Å². The third-order valence-corrected chi connectivity index (χ3v) is 4.10. The van der Waals surface area contributed by atoms with Crippen molar-refractivity contribution in [1.29, 1.82) is 0 Å². The summed E-state index contributed by atoms with van der Waals surface area (Å²) in [6, 6.07) is 9.46. The van der Waals surface area contributed by atoms with E-state index in [1.54, 1.807) is 6.20 Å². The summed E-state index contributed by atoms with van der Waals surface area (Å²) >= 11 is 3.49. The number of nitrogens with zero attached hydrogens (tertiary/aromatic N) is 1. The van der Waals surface area contributed by atoms with E-state index in [-0.39, 0.29) is 5.91 Å². The molecule has 1 aromatic carbocycles. The minimum Gasteiger partial charge on any atom is -0.367 e. The summed E-state index contributed by atoms with van der Waals surface area (Å²) in [6.45, 7) is 5.16. The molecule has 5 heteroatoms. The van der Waals surface area contributed by atoms with Gasteiger partial charge in [-0.15, -0.1) is 0 Å². The zero-order chi connectivity index (χ0) is 15.2. The fourth-order valence-electron chi connectivity index (χ4n) is 1.83. The molecule has 0 aliphatic heterocycles. The average Bonchev–Trinajstić information content (AvgIpc) is 2.48. The summed E-state index contributed by atoms with van der Waals surface area (Å²) in [4.78, 5) is 16.2. The molecular formula is C16H18BrN3O. The van der Waals surface area contributed by atoms with Crippen molar-refractivity contribution in [2.75, 3.05) is 18.4 Å². The number of carbonyl (C=O) groups is 1. The van der Waals surface area contributed by atoms with Crippen LogP contribution in [-0.4, -0.2) is 24.0 Å². The van der Waals surface area contributed by atoms with Crippen LogP contribution in [0.1, 0.15) is 21.5 Å². The van der Waals surface area contributed by atoms with E-state index in [0.717, 1.165) is 21.4 Å². The number of carbonyl (C=O) groups excluding carboxylic acids is 1. The lowest BCUT2D eigenvalue weighted by atomic mass is 10.1. The predicted octanol–water partition coefficient (Wildman–Crippen LogP) is 3.30. The molecule has 0 spiro atoms. The van der Waals surface area contributed by atoms with Gasteiger partial charge < -0.3 is 10.6 Å². The molecule has 0 unspecified atom stereocenters. The van der Waals surface area contributed by atoms with Crippen molar-refractivity contribution in [3.8, 4) is 0 Å². The van der Waals surface area contributed by atoms with Gasteiger partial charge in [0.2, 0.25) is 0 Å². The maximum absolute atomic E-state index is 11.9. The van der Waals surface area contributed by atoms with E-state index >= 15 is 0 Å². The van der Waals surface area contributed by atoms with Crippen molar-refractivity contribution >= 4 is 27.7 Å². The van der Waals surface area contributed by atoms with E-state index in [4.69, 9.17) is 0 Å². The van der Waals surface area contributed by atoms with Gasteiger partial charge >= 0.3 is 0 Å². The molecule has 0 aliphatic carbocycles. The van der Waals surface area contributed by atoms with E-state index in [0.29, 0.717) is 18.7 Å². The van der Waals surface area contributed by atoms with E-state index < -0.39 is 0 Å². The number of anilines is 1. The molecule has 110 valence electrons. The number of rotatable bonds is 5. The molecule has 2 N–H and O–H groups in total. The first kappa shape index (κ1) is 15.5. The molecule has 0 bridgehead atoms. The van der Waals surface area contributed by atoms with Crippen molar-refractivity contribution in [1.82, 2.24) is 10.3 Å². The number of benzene rings is 1. The molecular weight excluding hydrogens is 330 g/mol. The van der Waals surface area contributed by atoms with Crippen LogP contribution < -0.4 is 10.6 Å². The van der Waals surface area contributed by atoms with Crippen LogP contribution in [-0.2, 0) is 0 Å². The summed E-state index contributed by atoms with van der Waals surface area (Å²) in [7, 11) is 0. The fraction of sp³-hybridized carbons (Fsp3) is 0.250. The summed E-state index contributed by atoms with van der Waals surface area (Å²) in [5.41, 5.74) is 2.94.